The van der Waals surface area contributed by atoms with E-state index >= 15 is 0 Å². The molecule has 3 aromatic carbocycles. The molecule has 1 atom stereocenters. The molecule has 1 unspecified atom stereocenters. The van der Waals surface area contributed by atoms with Crippen LogP contribution in [0.1, 0.15) is 76.0 Å². The van der Waals surface area contributed by atoms with Crippen molar-refractivity contribution in [3.05, 3.63) is 101 Å². The van der Waals surface area contributed by atoms with Crippen LogP contribution in [0.5, 0.6) is 0 Å². The molecule has 3 N–H and O–H groups in total. The van der Waals surface area contributed by atoms with E-state index in [1.807, 2.05) is 20.9 Å². The smallest absolute Gasteiger partial charge is 0.0369 e. The van der Waals surface area contributed by atoms with Crippen molar-refractivity contribution in [2.24, 2.45) is 10.7 Å². The van der Waals surface area contributed by atoms with E-state index in [0.717, 1.165) is 42.7 Å². The second-order valence-electron chi connectivity index (χ2n) is 10.0. The van der Waals surface area contributed by atoms with Crippen molar-refractivity contribution in [1.29, 1.82) is 0 Å². The van der Waals surface area contributed by atoms with E-state index in [1.165, 1.54) is 51.1 Å². The number of likely N-dealkylation sites (N-methyl/N-ethyl adjacent to an activating group) is 1. The zero-order chi connectivity index (χ0) is 28.9. The highest BCUT2D eigenvalue weighted by atomic mass is 32.1. The minimum atomic E-state index is 0.501. The van der Waals surface area contributed by atoms with E-state index in [4.69, 9.17) is 10.7 Å². The van der Waals surface area contributed by atoms with Crippen LogP contribution < -0.4 is 11.1 Å². The summed E-state index contributed by atoms with van der Waals surface area (Å²) in [4.78, 5) is 5.89. The van der Waals surface area contributed by atoms with Crippen LogP contribution in [-0.4, -0.2) is 19.8 Å². The first-order valence-corrected chi connectivity index (χ1v) is 15.3. The largest absolute Gasteiger partial charge is 0.326 e. The van der Waals surface area contributed by atoms with Gasteiger partial charge in [0.1, 0.15) is 0 Å². The van der Waals surface area contributed by atoms with Crippen LogP contribution in [0, 0.1) is 0 Å². The fraction of sp³-hybridized carbons (Fsp3) is 0.361. The molecule has 4 heteroatoms. The fourth-order valence-electron chi connectivity index (χ4n) is 5.48. The number of thiol groups is 1. The van der Waals surface area contributed by atoms with Gasteiger partial charge in [-0.05, 0) is 102 Å². The zero-order valence-electron chi connectivity index (χ0n) is 25.0. The highest BCUT2D eigenvalue weighted by Crippen LogP contribution is 2.42. The lowest BCUT2D eigenvalue weighted by Crippen LogP contribution is -2.11. The van der Waals surface area contributed by atoms with Gasteiger partial charge < -0.3 is 11.1 Å². The molecule has 0 saturated carbocycles. The van der Waals surface area contributed by atoms with Crippen LogP contribution in [-0.2, 0) is 13.0 Å². The third-order valence-electron chi connectivity index (χ3n) is 7.35. The molecule has 0 bridgehead atoms. The summed E-state index contributed by atoms with van der Waals surface area (Å²) in [5, 5.41) is 3.25. The summed E-state index contributed by atoms with van der Waals surface area (Å²) in [6.45, 7) is 9.71. The minimum Gasteiger partial charge on any atom is -0.326 e. The number of rotatable bonds is 11. The predicted molar refractivity (Wildman–Crippen MR) is 179 cm³/mol. The second kappa shape index (κ2) is 16.4. The van der Waals surface area contributed by atoms with Gasteiger partial charge in [-0.25, -0.2) is 0 Å². The Kier molecular flexibility index (Phi) is 12.9. The summed E-state index contributed by atoms with van der Waals surface area (Å²) in [7, 11) is 1.98. The number of hydrogen-bond donors (Lipinski definition) is 3. The maximum Gasteiger partial charge on any atom is 0.0369 e. The second-order valence-corrected chi connectivity index (χ2v) is 10.5. The van der Waals surface area contributed by atoms with Gasteiger partial charge in [-0.3, -0.25) is 4.99 Å². The van der Waals surface area contributed by atoms with E-state index in [-0.39, 0.29) is 0 Å². The average molecular weight is 554 g/mol. The van der Waals surface area contributed by atoms with Crippen molar-refractivity contribution in [1.82, 2.24) is 5.32 Å². The topological polar surface area (TPSA) is 50.4 Å². The van der Waals surface area contributed by atoms with Gasteiger partial charge in [0, 0.05) is 29.9 Å². The van der Waals surface area contributed by atoms with Gasteiger partial charge in [0.05, 0.1) is 0 Å². The Balaban J connectivity index is 0.00000216. The Morgan fingerprint density at radius 2 is 1.70 bits per heavy atom. The fourth-order valence-corrected chi connectivity index (χ4v) is 5.79. The molecule has 0 radical (unpaired) electrons. The molecule has 1 aliphatic rings. The Bertz CT molecular complexity index is 1340. The number of aliphatic imine (C=N–C) groups is 1. The summed E-state index contributed by atoms with van der Waals surface area (Å²) in [5.41, 5.74) is 17.3. The maximum absolute atomic E-state index is 5.84. The van der Waals surface area contributed by atoms with Gasteiger partial charge >= 0.3 is 0 Å². The summed E-state index contributed by atoms with van der Waals surface area (Å²) in [5.74, 6) is 0.501. The van der Waals surface area contributed by atoms with Gasteiger partial charge in [0.2, 0.25) is 0 Å². The van der Waals surface area contributed by atoms with Crippen LogP contribution in [0.4, 0.5) is 0 Å². The van der Waals surface area contributed by atoms with Crippen molar-refractivity contribution in [2.75, 3.05) is 13.6 Å². The van der Waals surface area contributed by atoms with E-state index in [9.17, 15) is 0 Å². The molecule has 3 nitrogen and oxygen atoms in total. The normalized spacial score (nSPS) is 15.2. The number of nitrogens with one attached hydrogen (secondary N) is 1. The predicted octanol–water partition coefficient (Wildman–Crippen LogP) is 9.13. The Morgan fingerprint density at radius 3 is 2.40 bits per heavy atom. The number of hydrogen-bond acceptors (Lipinski definition) is 4. The molecule has 212 valence electrons. The molecular formula is C36H47N3S. The van der Waals surface area contributed by atoms with Gasteiger partial charge in [-0.15, -0.1) is 12.6 Å². The third-order valence-corrected chi connectivity index (χ3v) is 7.76. The first kappa shape index (κ1) is 31.6. The third kappa shape index (κ3) is 8.06. The standard InChI is InChI=1S/C34H41N3S.C2H6/c1-4-8-24(22-36-3)23-37-30(9-5-2)19-28-16-17-33-31(12-7-13-32(28)33)27-11-6-10-25(18-27)26-14-15-29(21-35)34(38)20-26;1-2/h6-15,18,20,23,28,36,38H,4-5,16-17,19,21-22,35H2,1-3H3;1-2H3/b24-8-,30-9-,37-23-;. The van der Waals surface area contributed by atoms with Crippen LogP contribution in [0.15, 0.2) is 94.0 Å². The average Bonchev–Trinajstić information content (AvgIpc) is 3.40. The Hall–Kier alpha value is -2.92. The number of nitrogens with zero attached hydrogens (tertiary/aromatic N) is 1. The lowest BCUT2D eigenvalue weighted by atomic mass is 9.91. The van der Waals surface area contributed by atoms with Crippen LogP contribution in [0.3, 0.4) is 0 Å². The number of nitrogens with two attached hydrogens (primary N) is 1. The minimum absolute atomic E-state index is 0.501. The lowest BCUT2D eigenvalue weighted by Gasteiger charge is -2.15. The van der Waals surface area contributed by atoms with E-state index in [2.05, 4.69) is 111 Å². The molecule has 0 aliphatic heterocycles. The maximum atomic E-state index is 5.84. The van der Waals surface area contributed by atoms with Gasteiger partial charge in [0.25, 0.3) is 0 Å². The van der Waals surface area contributed by atoms with E-state index in [1.54, 1.807) is 0 Å². The summed E-state index contributed by atoms with van der Waals surface area (Å²) in [6.07, 6.45) is 11.9. The van der Waals surface area contributed by atoms with Crippen LogP contribution >= 0.6 is 12.6 Å². The Labute approximate surface area is 248 Å². The van der Waals surface area contributed by atoms with Gasteiger partial charge in [0.15, 0.2) is 0 Å². The van der Waals surface area contributed by atoms with E-state index < -0.39 is 0 Å². The van der Waals surface area contributed by atoms with Crippen molar-refractivity contribution in [3.63, 3.8) is 0 Å². The monoisotopic (exact) mass is 553 g/mol. The van der Waals surface area contributed by atoms with Crippen molar-refractivity contribution in [3.8, 4) is 22.3 Å². The molecule has 1 aliphatic carbocycles. The van der Waals surface area contributed by atoms with Gasteiger partial charge in [-0.2, -0.15) is 0 Å². The van der Waals surface area contributed by atoms with Gasteiger partial charge in [-0.1, -0.05) is 88.4 Å². The first-order valence-electron chi connectivity index (χ1n) is 14.9. The summed E-state index contributed by atoms with van der Waals surface area (Å²) in [6, 6.07) is 22.1. The number of allylic oxidation sites excluding steroid dienone is 3. The van der Waals surface area contributed by atoms with Crippen molar-refractivity contribution >= 4 is 18.8 Å². The molecule has 0 fully saturated rings. The molecule has 0 amide bonds. The molecular weight excluding hydrogens is 506 g/mol. The molecule has 4 rings (SSSR count). The molecule has 0 heterocycles. The molecule has 0 aromatic heterocycles. The first-order chi connectivity index (χ1) is 19.6. The summed E-state index contributed by atoms with van der Waals surface area (Å²) >= 11 is 4.65. The summed E-state index contributed by atoms with van der Waals surface area (Å²) < 4.78 is 0. The number of fused-ring (bicyclic) bond motifs is 1. The zero-order valence-corrected chi connectivity index (χ0v) is 25.9. The highest BCUT2D eigenvalue weighted by Gasteiger charge is 2.25. The Morgan fingerprint density at radius 1 is 0.975 bits per heavy atom. The molecule has 40 heavy (non-hydrogen) atoms. The number of benzene rings is 3. The van der Waals surface area contributed by atoms with Crippen molar-refractivity contribution in [2.45, 2.75) is 77.2 Å². The molecule has 0 spiro atoms. The SMILES string of the molecule is CC.CC\C=C(/C=N\C(=C/CC)CC1CCc2c(-c3cccc(-c4ccc(CN)c(S)c4)c3)cccc21)CNC. The highest BCUT2D eigenvalue weighted by molar-refractivity contribution is 7.80. The van der Waals surface area contributed by atoms with E-state index in [0.29, 0.717) is 12.5 Å². The quantitative estimate of drug-likeness (QED) is 0.164. The van der Waals surface area contributed by atoms with Crippen LogP contribution in [0.2, 0.25) is 0 Å². The lowest BCUT2D eigenvalue weighted by molar-refractivity contribution is 0.665. The van der Waals surface area contributed by atoms with Crippen molar-refractivity contribution < 1.29 is 0 Å². The molecule has 0 saturated heterocycles. The molecule has 3 aromatic rings. The van der Waals surface area contributed by atoms with Crippen LogP contribution in [0.25, 0.3) is 22.3 Å².